The summed E-state index contributed by atoms with van der Waals surface area (Å²) in [5, 5.41) is 8.84. The van der Waals surface area contributed by atoms with Crippen molar-refractivity contribution in [3.8, 4) is 0 Å². The first-order valence-corrected chi connectivity index (χ1v) is 6.58. The fourth-order valence-corrected chi connectivity index (χ4v) is 1.87. The van der Waals surface area contributed by atoms with Gasteiger partial charge in [0.2, 0.25) is 0 Å². The highest BCUT2D eigenvalue weighted by atomic mass is 16.4. The van der Waals surface area contributed by atoms with Crippen molar-refractivity contribution in [1.29, 1.82) is 0 Å². The lowest BCUT2D eigenvalue weighted by Crippen LogP contribution is -2.44. The average Bonchev–Trinajstić information content (AvgIpc) is 2.33. The van der Waals surface area contributed by atoms with E-state index in [4.69, 9.17) is 10.8 Å². The molecule has 0 radical (unpaired) electrons. The molecule has 1 aromatic rings. The lowest BCUT2D eigenvalue weighted by Gasteiger charge is -2.36. The van der Waals surface area contributed by atoms with Crippen molar-refractivity contribution >= 4 is 5.97 Å². The van der Waals surface area contributed by atoms with Gasteiger partial charge in [0.25, 0.3) is 0 Å². The van der Waals surface area contributed by atoms with Crippen LogP contribution >= 0.6 is 0 Å². The van der Waals surface area contributed by atoms with Crippen molar-refractivity contribution in [2.45, 2.75) is 45.3 Å². The van der Waals surface area contributed by atoms with Gasteiger partial charge in [-0.25, -0.2) is 0 Å². The number of nitrogens with zero attached hydrogens (tertiary/aromatic N) is 1. The molecule has 1 aromatic carbocycles. The summed E-state index contributed by atoms with van der Waals surface area (Å²) in [4.78, 5) is 13.0. The molecule has 19 heavy (non-hydrogen) atoms. The standard InChI is InChI=1S/C15H24N2O2/c1-15(2,3)17(10-9-13(16)14(18)19)11-12-7-5-4-6-8-12/h4-8,13H,9-11,16H2,1-3H3,(H,18,19)/t13-/m0/s1. The minimum absolute atomic E-state index is 0.0198. The number of carboxylic acids is 1. The molecule has 0 aliphatic carbocycles. The van der Waals surface area contributed by atoms with Crippen LogP contribution in [0.5, 0.6) is 0 Å². The van der Waals surface area contributed by atoms with E-state index < -0.39 is 12.0 Å². The number of rotatable bonds is 6. The quantitative estimate of drug-likeness (QED) is 0.825. The zero-order chi connectivity index (χ0) is 14.5. The van der Waals surface area contributed by atoms with Crippen molar-refractivity contribution in [2.24, 2.45) is 5.73 Å². The molecular weight excluding hydrogens is 240 g/mol. The summed E-state index contributed by atoms with van der Waals surface area (Å²) in [6, 6.07) is 9.38. The van der Waals surface area contributed by atoms with Gasteiger partial charge < -0.3 is 10.8 Å². The highest BCUT2D eigenvalue weighted by Gasteiger charge is 2.23. The van der Waals surface area contributed by atoms with E-state index in [1.807, 2.05) is 18.2 Å². The molecule has 0 amide bonds. The summed E-state index contributed by atoms with van der Waals surface area (Å²) in [6.45, 7) is 7.86. The topological polar surface area (TPSA) is 66.6 Å². The minimum atomic E-state index is -0.937. The van der Waals surface area contributed by atoms with Crippen LogP contribution in [0, 0.1) is 0 Å². The normalized spacial score (nSPS) is 13.5. The highest BCUT2D eigenvalue weighted by Crippen LogP contribution is 2.18. The van der Waals surface area contributed by atoms with Gasteiger partial charge in [-0.1, -0.05) is 30.3 Å². The third-order valence-corrected chi connectivity index (χ3v) is 3.19. The van der Waals surface area contributed by atoms with Crippen LogP contribution in [-0.4, -0.2) is 34.1 Å². The molecule has 0 fully saturated rings. The van der Waals surface area contributed by atoms with Crippen LogP contribution in [0.1, 0.15) is 32.8 Å². The van der Waals surface area contributed by atoms with Gasteiger partial charge in [0.15, 0.2) is 0 Å². The zero-order valence-corrected chi connectivity index (χ0v) is 12.0. The van der Waals surface area contributed by atoms with E-state index >= 15 is 0 Å². The Morgan fingerprint density at radius 2 is 1.89 bits per heavy atom. The van der Waals surface area contributed by atoms with E-state index in [0.29, 0.717) is 13.0 Å². The van der Waals surface area contributed by atoms with Crippen molar-refractivity contribution in [1.82, 2.24) is 4.90 Å². The zero-order valence-electron chi connectivity index (χ0n) is 12.0. The fraction of sp³-hybridized carbons (Fsp3) is 0.533. The van der Waals surface area contributed by atoms with E-state index in [-0.39, 0.29) is 5.54 Å². The second kappa shape index (κ2) is 6.68. The number of nitrogens with two attached hydrogens (primary N) is 1. The van der Waals surface area contributed by atoms with E-state index in [1.54, 1.807) is 0 Å². The number of hydrogen-bond donors (Lipinski definition) is 2. The van der Waals surface area contributed by atoms with Gasteiger partial charge in [0.1, 0.15) is 6.04 Å². The Balaban J connectivity index is 2.66. The van der Waals surface area contributed by atoms with E-state index in [9.17, 15) is 4.79 Å². The highest BCUT2D eigenvalue weighted by molar-refractivity contribution is 5.72. The first-order chi connectivity index (χ1) is 8.80. The minimum Gasteiger partial charge on any atom is -0.480 e. The van der Waals surface area contributed by atoms with Gasteiger partial charge in [-0.05, 0) is 32.8 Å². The number of carboxylic acid groups (broad SMARTS) is 1. The lowest BCUT2D eigenvalue weighted by molar-refractivity contribution is -0.138. The molecule has 0 aromatic heterocycles. The van der Waals surface area contributed by atoms with Gasteiger partial charge in [0, 0.05) is 18.6 Å². The first kappa shape index (κ1) is 15.7. The molecule has 4 nitrogen and oxygen atoms in total. The Kier molecular flexibility index (Phi) is 5.51. The lowest BCUT2D eigenvalue weighted by atomic mass is 10.0. The number of carbonyl (C=O) groups is 1. The molecular formula is C15H24N2O2. The summed E-state index contributed by atoms with van der Waals surface area (Å²) in [6.07, 6.45) is 0.458. The summed E-state index contributed by atoms with van der Waals surface area (Å²) >= 11 is 0. The summed E-state index contributed by atoms with van der Waals surface area (Å²) in [5.74, 6) is -0.937. The summed E-state index contributed by atoms with van der Waals surface area (Å²) in [7, 11) is 0. The summed E-state index contributed by atoms with van der Waals surface area (Å²) in [5.41, 5.74) is 6.78. The van der Waals surface area contributed by atoms with Crippen LogP contribution in [0.4, 0.5) is 0 Å². The molecule has 4 heteroatoms. The molecule has 3 N–H and O–H groups in total. The van der Waals surface area contributed by atoms with Crippen molar-refractivity contribution < 1.29 is 9.90 Å². The molecule has 0 saturated carbocycles. The Morgan fingerprint density at radius 3 is 2.37 bits per heavy atom. The Hall–Kier alpha value is -1.39. The number of hydrogen-bond acceptors (Lipinski definition) is 3. The monoisotopic (exact) mass is 264 g/mol. The van der Waals surface area contributed by atoms with Crippen molar-refractivity contribution in [3.63, 3.8) is 0 Å². The van der Waals surface area contributed by atoms with Crippen LogP contribution in [0.3, 0.4) is 0 Å². The molecule has 0 aliphatic rings. The van der Waals surface area contributed by atoms with Gasteiger partial charge in [-0.15, -0.1) is 0 Å². The Morgan fingerprint density at radius 1 is 1.32 bits per heavy atom. The number of benzene rings is 1. The SMILES string of the molecule is CC(C)(C)N(CC[C@H](N)C(=O)O)Cc1ccccc1. The molecule has 106 valence electrons. The Labute approximate surface area is 115 Å². The smallest absolute Gasteiger partial charge is 0.320 e. The van der Waals surface area contributed by atoms with Crippen LogP contribution in [0.2, 0.25) is 0 Å². The molecule has 0 bridgehead atoms. The maximum atomic E-state index is 10.8. The van der Waals surface area contributed by atoms with E-state index in [2.05, 4.69) is 37.8 Å². The largest absolute Gasteiger partial charge is 0.480 e. The predicted molar refractivity (Wildman–Crippen MR) is 76.8 cm³/mol. The van der Waals surface area contributed by atoms with Crippen molar-refractivity contribution in [3.05, 3.63) is 35.9 Å². The van der Waals surface area contributed by atoms with Gasteiger partial charge >= 0.3 is 5.97 Å². The second-order valence-corrected chi connectivity index (χ2v) is 5.81. The fourth-order valence-electron chi connectivity index (χ4n) is 1.87. The van der Waals surface area contributed by atoms with Gasteiger partial charge in [0.05, 0.1) is 0 Å². The van der Waals surface area contributed by atoms with Crippen LogP contribution in [-0.2, 0) is 11.3 Å². The molecule has 1 rings (SSSR count). The third-order valence-electron chi connectivity index (χ3n) is 3.19. The molecule has 1 atom stereocenters. The maximum Gasteiger partial charge on any atom is 0.320 e. The summed E-state index contributed by atoms with van der Waals surface area (Å²) < 4.78 is 0. The molecule has 0 aliphatic heterocycles. The maximum absolute atomic E-state index is 10.8. The van der Waals surface area contributed by atoms with Crippen LogP contribution < -0.4 is 5.73 Å². The van der Waals surface area contributed by atoms with Gasteiger partial charge in [-0.2, -0.15) is 0 Å². The molecule has 0 saturated heterocycles. The average molecular weight is 264 g/mol. The molecule has 0 spiro atoms. The first-order valence-electron chi connectivity index (χ1n) is 6.58. The number of aliphatic carboxylic acids is 1. The molecule has 0 unspecified atom stereocenters. The molecule has 0 heterocycles. The second-order valence-electron chi connectivity index (χ2n) is 5.81. The van der Waals surface area contributed by atoms with E-state index in [0.717, 1.165) is 6.54 Å². The third kappa shape index (κ3) is 5.41. The van der Waals surface area contributed by atoms with Crippen LogP contribution in [0.25, 0.3) is 0 Å². The predicted octanol–water partition coefficient (Wildman–Crippen LogP) is 2.09. The van der Waals surface area contributed by atoms with Gasteiger partial charge in [-0.3, -0.25) is 9.69 Å². The van der Waals surface area contributed by atoms with Crippen molar-refractivity contribution in [2.75, 3.05) is 6.54 Å². The van der Waals surface area contributed by atoms with Crippen LogP contribution in [0.15, 0.2) is 30.3 Å². The Bertz CT molecular complexity index is 398. The van der Waals surface area contributed by atoms with E-state index in [1.165, 1.54) is 5.56 Å².